The van der Waals surface area contributed by atoms with Crippen molar-refractivity contribution in [3.63, 3.8) is 0 Å². The smallest absolute Gasteiger partial charge is 0.234 e. The Morgan fingerprint density at radius 2 is 1.81 bits per heavy atom. The summed E-state index contributed by atoms with van der Waals surface area (Å²) in [7, 11) is 0. The summed E-state index contributed by atoms with van der Waals surface area (Å²) in [5, 5.41) is 19.1. The van der Waals surface area contributed by atoms with E-state index < -0.39 is 0 Å². The number of nitrogens with zero attached hydrogens (tertiary/aromatic N) is 6. The number of rotatable bonds is 5. The number of benzene rings is 1. The van der Waals surface area contributed by atoms with Gasteiger partial charge in [-0.3, -0.25) is 4.68 Å². The van der Waals surface area contributed by atoms with E-state index >= 15 is 0 Å². The molecule has 0 radical (unpaired) electrons. The summed E-state index contributed by atoms with van der Waals surface area (Å²) in [5.74, 6) is 1.44. The van der Waals surface area contributed by atoms with E-state index in [1.54, 1.807) is 11.3 Å². The van der Waals surface area contributed by atoms with Crippen LogP contribution in [0.25, 0.3) is 15.5 Å². The van der Waals surface area contributed by atoms with Gasteiger partial charge in [0, 0.05) is 12.1 Å². The van der Waals surface area contributed by atoms with Crippen LogP contribution in [-0.4, -0.2) is 29.6 Å². The summed E-state index contributed by atoms with van der Waals surface area (Å²) < 4.78 is 3.94. The van der Waals surface area contributed by atoms with Gasteiger partial charge < -0.3 is 0 Å². The average molecular weight is 366 g/mol. The first kappa shape index (κ1) is 16.9. The Bertz CT molecular complexity index is 1040. The second-order valence-corrected chi connectivity index (χ2v) is 7.96. The van der Waals surface area contributed by atoms with Gasteiger partial charge in [0.25, 0.3) is 0 Å². The predicted molar refractivity (Wildman–Crippen MR) is 103 cm³/mol. The quantitative estimate of drug-likeness (QED) is 0.537. The SMILES string of the molecule is Cc1nn(Cc2ccccc2)c(C)c1-c1nn2c(CC(C)C)nnc2s1. The largest absolute Gasteiger partial charge is 0.264 e. The van der Waals surface area contributed by atoms with E-state index in [0.717, 1.165) is 45.7 Å². The molecule has 3 heterocycles. The third-order valence-corrected chi connectivity index (χ3v) is 5.33. The van der Waals surface area contributed by atoms with Crippen LogP contribution < -0.4 is 0 Å². The Balaban J connectivity index is 1.72. The molecule has 0 N–H and O–H groups in total. The van der Waals surface area contributed by atoms with Gasteiger partial charge in [0.15, 0.2) is 10.8 Å². The maximum atomic E-state index is 4.79. The molecule has 134 valence electrons. The van der Waals surface area contributed by atoms with Gasteiger partial charge >= 0.3 is 0 Å². The summed E-state index contributed by atoms with van der Waals surface area (Å²) in [6, 6.07) is 10.4. The van der Waals surface area contributed by atoms with E-state index in [9.17, 15) is 0 Å². The molecular weight excluding hydrogens is 344 g/mol. The van der Waals surface area contributed by atoms with Crippen molar-refractivity contribution in [1.29, 1.82) is 0 Å². The molecule has 0 aliphatic heterocycles. The molecule has 1 aromatic carbocycles. The maximum absolute atomic E-state index is 4.79. The van der Waals surface area contributed by atoms with Crippen molar-refractivity contribution in [3.05, 3.63) is 53.1 Å². The molecule has 0 aliphatic carbocycles. The highest BCUT2D eigenvalue weighted by atomic mass is 32.1. The molecular formula is C19H22N6S. The van der Waals surface area contributed by atoms with Gasteiger partial charge in [-0.25, -0.2) is 0 Å². The second kappa shape index (κ2) is 6.64. The Hall–Kier alpha value is -2.54. The van der Waals surface area contributed by atoms with Crippen molar-refractivity contribution in [2.45, 2.75) is 40.7 Å². The monoisotopic (exact) mass is 366 g/mol. The molecule has 0 fully saturated rings. The van der Waals surface area contributed by atoms with Crippen molar-refractivity contribution >= 4 is 16.3 Å². The van der Waals surface area contributed by atoms with Crippen molar-refractivity contribution in [2.24, 2.45) is 5.92 Å². The molecule has 0 unspecified atom stereocenters. The summed E-state index contributed by atoms with van der Waals surface area (Å²) in [5.41, 5.74) is 4.46. The number of fused-ring (bicyclic) bond motifs is 1. The van der Waals surface area contributed by atoms with Crippen LogP contribution >= 0.6 is 11.3 Å². The lowest BCUT2D eigenvalue weighted by atomic mass is 10.1. The Morgan fingerprint density at radius 3 is 2.54 bits per heavy atom. The second-order valence-electron chi connectivity index (χ2n) is 7.00. The minimum absolute atomic E-state index is 0.518. The van der Waals surface area contributed by atoms with Crippen LogP contribution in [0.5, 0.6) is 0 Å². The minimum Gasteiger partial charge on any atom is -0.264 e. The van der Waals surface area contributed by atoms with E-state index in [2.05, 4.69) is 59.9 Å². The predicted octanol–water partition coefficient (Wildman–Crippen LogP) is 3.91. The van der Waals surface area contributed by atoms with E-state index in [0.29, 0.717) is 5.92 Å². The van der Waals surface area contributed by atoms with Gasteiger partial charge in [0.1, 0.15) is 0 Å². The molecule has 3 aromatic heterocycles. The molecule has 6 nitrogen and oxygen atoms in total. The van der Waals surface area contributed by atoms with Crippen LogP contribution in [-0.2, 0) is 13.0 Å². The zero-order chi connectivity index (χ0) is 18.3. The molecule has 0 aliphatic rings. The van der Waals surface area contributed by atoms with Crippen LogP contribution in [0.3, 0.4) is 0 Å². The molecule has 0 spiro atoms. The third-order valence-electron chi connectivity index (χ3n) is 4.42. The first-order chi connectivity index (χ1) is 12.5. The number of aromatic nitrogens is 6. The lowest BCUT2D eigenvalue weighted by Crippen LogP contribution is -2.04. The van der Waals surface area contributed by atoms with Gasteiger partial charge in [-0.1, -0.05) is 55.5 Å². The van der Waals surface area contributed by atoms with Crippen molar-refractivity contribution in [3.8, 4) is 10.6 Å². The van der Waals surface area contributed by atoms with Gasteiger partial charge in [-0.05, 0) is 25.3 Å². The topological polar surface area (TPSA) is 60.9 Å². The Labute approximate surface area is 156 Å². The highest BCUT2D eigenvalue weighted by Crippen LogP contribution is 2.31. The summed E-state index contributed by atoms with van der Waals surface area (Å²) >= 11 is 1.57. The lowest BCUT2D eigenvalue weighted by molar-refractivity contribution is 0.607. The molecule has 7 heteroatoms. The molecule has 4 rings (SSSR count). The molecule has 0 amide bonds. The minimum atomic E-state index is 0.518. The first-order valence-corrected chi connectivity index (χ1v) is 9.64. The molecule has 26 heavy (non-hydrogen) atoms. The van der Waals surface area contributed by atoms with Gasteiger partial charge in [-0.2, -0.15) is 14.7 Å². The Kier molecular flexibility index (Phi) is 4.32. The fourth-order valence-corrected chi connectivity index (χ4v) is 4.17. The number of aryl methyl sites for hydroxylation is 1. The van der Waals surface area contributed by atoms with Crippen LogP contribution in [0, 0.1) is 19.8 Å². The van der Waals surface area contributed by atoms with Crippen LogP contribution in [0.2, 0.25) is 0 Å². The highest BCUT2D eigenvalue weighted by Gasteiger charge is 2.20. The molecule has 0 atom stereocenters. The number of hydrogen-bond donors (Lipinski definition) is 0. The maximum Gasteiger partial charge on any atom is 0.234 e. The van der Waals surface area contributed by atoms with Crippen LogP contribution in [0.4, 0.5) is 0 Å². The average Bonchev–Trinajstić information content (AvgIpc) is 3.24. The molecule has 0 saturated heterocycles. The van der Waals surface area contributed by atoms with Gasteiger partial charge in [0.2, 0.25) is 4.96 Å². The zero-order valence-corrected chi connectivity index (χ0v) is 16.3. The number of hydrogen-bond acceptors (Lipinski definition) is 5. The third kappa shape index (κ3) is 3.03. The van der Waals surface area contributed by atoms with Crippen LogP contribution in [0.1, 0.15) is 36.6 Å². The van der Waals surface area contributed by atoms with E-state index in [-0.39, 0.29) is 0 Å². The van der Waals surface area contributed by atoms with E-state index in [1.807, 2.05) is 17.5 Å². The Morgan fingerprint density at radius 1 is 1.04 bits per heavy atom. The standard InChI is InChI=1S/C19H22N6S/c1-12(2)10-16-20-21-19-25(16)23-18(26-19)17-13(3)22-24(14(17)4)11-15-8-6-5-7-9-15/h5-9,12H,10-11H2,1-4H3. The van der Waals surface area contributed by atoms with E-state index in [4.69, 9.17) is 10.2 Å². The summed E-state index contributed by atoms with van der Waals surface area (Å²) in [6.07, 6.45) is 0.871. The highest BCUT2D eigenvalue weighted by molar-refractivity contribution is 7.19. The normalized spacial score (nSPS) is 11.7. The van der Waals surface area contributed by atoms with Crippen molar-refractivity contribution < 1.29 is 0 Å². The molecule has 4 aromatic rings. The summed E-state index contributed by atoms with van der Waals surface area (Å²) in [4.78, 5) is 0.838. The first-order valence-electron chi connectivity index (χ1n) is 8.82. The summed E-state index contributed by atoms with van der Waals surface area (Å²) in [6.45, 7) is 9.26. The fourth-order valence-electron chi connectivity index (χ4n) is 3.17. The van der Waals surface area contributed by atoms with Crippen molar-refractivity contribution in [1.82, 2.24) is 29.6 Å². The lowest BCUT2D eigenvalue weighted by Gasteiger charge is -2.04. The van der Waals surface area contributed by atoms with Gasteiger partial charge in [0.05, 0.1) is 17.8 Å². The molecule has 0 bridgehead atoms. The van der Waals surface area contributed by atoms with Gasteiger partial charge in [-0.15, -0.1) is 10.2 Å². The van der Waals surface area contributed by atoms with Crippen LogP contribution in [0.15, 0.2) is 30.3 Å². The zero-order valence-electron chi connectivity index (χ0n) is 15.5. The fraction of sp³-hybridized carbons (Fsp3) is 0.368. The van der Waals surface area contributed by atoms with E-state index in [1.165, 1.54) is 5.56 Å². The molecule has 0 saturated carbocycles. The van der Waals surface area contributed by atoms with Crippen molar-refractivity contribution in [2.75, 3.05) is 0 Å².